The van der Waals surface area contributed by atoms with Gasteiger partial charge in [0.1, 0.15) is 5.82 Å². The second kappa shape index (κ2) is 12.7. The Balaban J connectivity index is 1.15. The monoisotopic (exact) mass is 668 g/mol. The van der Waals surface area contributed by atoms with Crippen molar-refractivity contribution >= 4 is 39.3 Å². The smallest absolute Gasteiger partial charge is 0.145 e. The van der Waals surface area contributed by atoms with E-state index in [1.54, 1.807) is 0 Å². The van der Waals surface area contributed by atoms with Crippen LogP contribution in [0.2, 0.25) is 0 Å². The second-order valence-corrected chi connectivity index (χ2v) is 14.6. The minimum Gasteiger partial charge on any atom is -0.296 e. The zero-order valence-corrected chi connectivity index (χ0v) is 29.5. The molecule has 6 aromatic carbocycles. The van der Waals surface area contributed by atoms with Crippen LogP contribution in [-0.4, -0.2) is 9.55 Å². The van der Waals surface area contributed by atoms with Crippen LogP contribution in [0.15, 0.2) is 146 Å². The molecule has 0 fully saturated rings. The molecule has 3 aliphatic rings. The number of benzene rings is 6. The van der Waals surface area contributed by atoms with Gasteiger partial charge in [-0.2, -0.15) is 0 Å². The summed E-state index contributed by atoms with van der Waals surface area (Å²) in [5.41, 5.74) is 15.3. The van der Waals surface area contributed by atoms with Crippen LogP contribution >= 0.6 is 0 Å². The van der Waals surface area contributed by atoms with E-state index in [9.17, 15) is 0 Å². The molecule has 2 nitrogen and oxygen atoms in total. The van der Waals surface area contributed by atoms with E-state index in [0.717, 1.165) is 54.9 Å². The summed E-state index contributed by atoms with van der Waals surface area (Å²) in [6, 6.07) is 43.1. The maximum Gasteiger partial charge on any atom is 0.145 e. The van der Waals surface area contributed by atoms with Crippen molar-refractivity contribution in [2.24, 2.45) is 0 Å². The molecule has 10 rings (SSSR count). The highest BCUT2D eigenvalue weighted by molar-refractivity contribution is 6.19. The number of imidazole rings is 1. The maximum atomic E-state index is 5.11. The van der Waals surface area contributed by atoms with Crippen LogP contribution < -0.4 is 0 Å². The first kappa shape index (κ1) is 30.8. The molecular formula is C50H40N2. The molecule has 250 valence electrons. The fourth-order valence-corrected chi connectivity index (χ4v) is 8.80. The Morgan fingerprint density at radius 3 is 2.17 bits per heavy atom. The molecule has 0 N–H and O–H groups in total. The highest BCUT2D eigenvalue weighted by atomic mass is 15.1. The van der Waals surface area contributed by atoms with Crippen LogP contribution in [0.1, 0.15) is 66.6 Å². The summed E-state index contributed by atoms with van der Waals surface area (Å²) in [6.45, 7) is 2.34. The van der Waals surface area contributed by atoms with Crippen molar-refractivity contribution in [3.63, 3.8) is 0 Å². The van der Waals surface area contributed by atoms with Crippen LogP contribution in [0.4, 0.5) is 0 Å². The number of hydrogen-bond acceptors (Lipinski definition) is 1. The Hall–Kier alpha value is -5.99. The first-order chi connectivity index (χ1) is 25.7. The Morgan fingerprint density at radius 1 is 0.596 bits per heavy atom. The Morgan fingerprint density at radius 2 is 1.35 bits per heavy atom. The number of rotatable bonds is 5. The van der Waals surface area contributed by atoms with Gasteiger partial charge in [-0.3, -0.25) is 4.57 Å². The van der Waals surface area contributed by atoms with E-state index in [1.807, 2.05) is 0 Å². The highest BCUT2D eigenvalue weighted by Crippen LogP contribution is 2.45. The van der Waals surface area contributed by atoms with Crippen molar-refractivity contribution in [3.8, 4) is 39.3 Å². The molecule has 0 saturated carbocycles. The molecule has 0 amide bonds. The number of aromatic nitrogens is 2. The third-order valence-corrected chi connectivity index (χ3v) is 11.4. The molecule has 1 unspecified atom stereocenters. The topological polar surface area (TPSA) is 17.8 Å². The van der Waals surface area contributed by atoms with Crippen molar-refractivity contribution < 1.29 is 0 Å². The van der Waals surface area contributed by atoms with Gasteiger partial charge in [-0.15, -0.1) is 0 Å². The van der Waals surface area contributed by atoms with Gasteiger partial charge in [0, 0.05) is 11.3 Å². The molecule has 3 aliphatic carbocycles. The molecule has 0 radical (unpaired) electrons. The number of nitrogens with zero attached hydrogens (tertiary/aromatic N) is 2. The molecule has 1 heterocycles. The molecule has 0 saturated heterocycles. The van der Waals surface area contributed by atoms with Crippen LogP contribution in [0.3, 0.4) is 0 Å². The van der Waals surface area contributed by atoms with Crippen LogP contribution in [0.25, 0.3) is 78.6 Å². The van der Waals surface area contributed by atoms with Crippen molar-refractivity contribution in [3.05, 3.63) is 174 Å². The summed E-state index contributed by atoms with van der Waals surface area (Å²) in [7, 11) is 0. The SMILES string of the molecule is CC1CC=Cc2cc(-c3c4ccccc4c(C4=CC=CCC4)c4cc(-c5ccc(-n6c(-c7ccccc7)nc7c6CCC=C7)cc5)ccc34)ccc21. The van der Waals surface area contributed by atoms with Crippen LogP contribution in [-0.2, 0) is 6.42 Å². The van der Waals surface area contributed by atoms with Gasteiger partial charge in [0.05, 0.1) is 11.4 Å². The lowest BCUT2D eigenvalue weighted by Gasteiger charge is -2.22. The Kier molecular flexibility index (Phi) is 7.49. The fraction of sp³-hybridized carbons (Fsp3) is 0.140. The summed E-state index contributed by atoms with van der Waals surface area (Å²) in [5, 5.41) is 5.27. The van der Waals surface area contributed by atoms with Gasteiger partial charge in [-0.05, 0) is 134 Å². The average molecular weight is 669 g/mol. The zero-order valence-electron chi connectivity index (χ0n) is 29.5. The van der Waals surface area contributed by atoms with E-state index >= 15 is 0 Å². The van der Waals surface area contributed by atoms with Gasteiger partial charge in [0.2, 0.25) is 0 Å². The minimum absolute atomic E-state index is 0.547. The second-order valence-electron chi connectivity index (χ2n) is 14.6. The summed E-state index contributed by atoms with van der Waals surface area (Å²) in [6.07, 6.45) is 21.2. The molecule has 7 aromatic rings. The summed E-state index contributed by atoms with van der Waals surface area (Å²) in [5.74, 6) is 1.55. The molecule has 2 heteroatoms. The summed E-state index contributed by atoms with van der Waals surface area (Å²) < 4.78 is 2.37. The third kappa shape index (κ3) is 5.13. The third-order valence-electron chi connectivity index (χ3n) is 11.4. The van der Waals surface area contributed by atoms with Gasteiger partial charge in [0.15, 0.2) is 0 Å². The fourth-order valence-electron chi connectivity index (χ4n) is 8.80. The molecule has 0 spiro atoms. The highest BCUT2D eigenvalue weighted by Gasteiger charge is 2.22. The molecule has 0 aliphatic heterocycles. The van der Waals surface area contributed by atoms with Gasteiger partial charge in [0.25, 0.3) is 0 Å². The van der Waals surface area contributed by atoms with Crippen molar-refractivity contribution in [1.82, 2.24) is 9.55 Å². The van der Waals surface area contributed by atoms with Crippen molar-refractivity contribution in [2.45, 2.75) is 44.9 Å². The Bertz CT molecular complexity index is 2640. The van der Waals surface area contributed by atoms with E-state index in [2.05, 4.69) is 169 Å². The predicted octanol–water partition coefficient (Wildman–Crippen LogP) is 13.4. The quantitative estimate of drug-likeness (QED) is 0.167. The van der Waals surface area contributed by atoms with Gasteiger partial charge in [-0.1, -0.05) is 134 Å². The predicted molar refractivity (Wildman–Crippen MR) is 221 cm³/mol. The number of allylic oxidation sites excluding steroid dienone is 6. The molecule has 0 bridgehead atoms. The first-order valence-electron chi connectivity index (χ1n) is 18.8. The molecule has 52 heavy (non-hydrogen) atoms. The van der Waals surface area contributed by atoms with Crippen molar-refractivity contribution in [2.75, 3.05) is 0 Å². The van der Waals surface area contributed by atoms with Crippen LogP contribution in [0.5, 0.6) is 0 Å². The van der Waals surface area contributed by atoms with Crippen LogP contribution in [0, 0.1) is 0 Å². The van der Waals surface area contributed by atoms with Gasteiger partial charge in [-0.25, -0.2) is 4.98 Å². The lowest BCUT2D eigenvalue weighted by atomic mass is 9.81. The normalized spacial score (nSPS) is 16.2. The molecule has 1 atom stereocenters. The summed E-state index contributed by atoms with van der Waals surface area (Å²) in [4.78, 5) is 5.11. The zero-order chi connectivity index (χ0) is 34.6. The largest absolute Gasteiger partial charge is 0.296 e. The number of hydrogen-bond donors (Lipinski definition) is 0. The Labute approximate surface area is 305 Å². The molecule has 1 aromatic heterocycles. The summed E-state index contributed by atoms with van der Waals surface area (Å²) >= 11 is 0. The number of fused-ring (bicyclic) bond motifs is 4. The van der Waals surface area contributed by atoms with E-state index in [1.165, 1.54) is 71.8 Å². The van der Waals surface area contributed by atoms with Gasteiger partial charge < -0.3 is 0 Å². The van der Waals surface area contributed by atoms with E-state index in [-0.39, 0.29) is 0 Å². The van der Waals surface area contributed by atoms with E-state index in [4.69, 9.17) is 4.98 Å². The lowest BCUT2D eigenvalue weighted by molar-refractivity contribution is 0.772. The first-order valence-corrected chi connectivity index (χ1v) is 18.8. The van der Waals surface area contributed by atoms with Crippen molar-refractivity contribution in [1.29, 1.82) is 0 Å². The average Bonchev–Trinajstić information content (AvgIpc) is 3.60. The maximum absolute atomic E-state index is 5.11. The lowest BCUT2D eigenvalue weighted by Crippen LogP contribution is -2.04. The standard InChI is InChI=1S/C50H40N2/c1-33-13-12-18-38-31-39(26-29-41(33)38)49-43-20-9-8-19-42(43)48(35-14-4-2-5-15-35)45-32-37(25-30-44(45)49)34-23-27-40(28-24-34)52-47-22-11-10-21-46(47)51-50(52)36-16-6-3-7-17-36/h2-4,6-10,12,14,16-21,23-33H,5,11,13,15,22H2,1H3. The minimum atomic E-state index is 0.547. The van der Waals surface area contributed by atoms with E-state index in [0.29, 0.717) is 5.92 Å². The van der Waals surface area contributed by atoms with Gasteiger partial charge >= 0.3 is 0 Å². The van der Waals surface area contributed by atoms with E-state index < -0.39 is 0 Å². The molecular weight excluding hydrogens is 629 g/mol.